The third-order valence-corrected chi connectivity index (χ3v) is 5.26. The van der Waals surface area contributed by atoms with Crippen LogP contribution in [0.3, 0.4) is 0 Å². The fourth-order valence-corrected chi connectivity index (χ4v) is 3.92. The number of anilines is 2. The Morgan fingerprint density at radius 1 is 1.08 bits per heavy atom. The van der Waals surface area contributed by atoms with E-state index in [0.29, 0.717) is 12.0 Å². The molecule has 0 saturated carbocycles. The van der Waals surface area contributed by atoms with Gasteiger partial charge in [0.05, 0.1) is 6.04 Å². The summed E-state index contributed by atoms with van der Waals surface area (Å²) in [4.78, 5) is 11.3. The van der Waals surface area contributed by atoms with Gasteiger partial charge in [0.2, 0.25) is 5.95 Å². The van der Waals surface area contributed by atoms with Crippen LogP contribution in [0, 0.1) is 6.92 Å². The van der Waals surface area contributed by atoms with Gasteiger partial charge in [-0.05, 0) is 49.3 Å². The van der Waals surface area contributed by atoms with E-state index in [4.69, 9.17) is 5.73 Å². The maximum absolute atomic E-state index is 5.94. The lowest BCUT2D eigenvalue weighted by atomic mass is 9.92. The average molecular weight is 338 g/mol. The first-order valence-electron chi connectivity index (χ1n) is 9.61. The maximum Gasteiger partial charge on any atom is 0.222 e. The molecule has 2 N–H and O–H groups in total. The van der Waals surface area contributed by atoms with E-state index in [2.05, 4.69) is 53.0 Å². The minimum absolute atomic E-state index is 0.371. The molecule has 1 aliphatic rings. The van der Waals surface area contributed by atoms with E-state index in [1.807, 2.05) is 6.92 Å². The zero-order valence-corrected chi connectivity index (χ0v) is 15.8. The highest BCUT2D eigenvalue weighted by Gasteiger charge is 2.26. The standard InChI is InChI=1S/C21H30N4/c1-4-16-10-11-17(5-2)18(14-16)19-9-7-6-8-12-25(19)20-13-15(3)23-21(22)24-20/h10-11,13-14,19H,4-9,12H2,1-3H3,(H2,22,23,24). The van der Waals surface area contributed by atoms with E-state index in [0.717, 1.165) is 30.9 Å². The van der Waals surface area contributed by atoms with Crippen molar-refractivity contribution in [3.05, 3.63) is 46.6 Å². The highest BCUT2D eigenvalue weighted by Crippen LogP contribution is 2.36. The molecule has 0 aliphatic carbocycles. The lowest BCUT2D eigenvalue weighted by molar-refractivity contribution is 0.591. The maximum atomic E-state index is 5.94. The van der Waals surface area contributed by atoms with Crippen molar-refractivity contribution in [2.75, 3.05) is 17.2 Å². The molecule has 4 nitrogen and oxygen atoms in total. The van der Waals surface area contributed by atoms with Gasteiger partial charge in [-0.25, -0.2) is 4.98 Å². The molecule has 0 spiro atoms. The van der Waals surface area contributed by atoms with Gasteiger partial charge in [-0.15, -0.1) is 0 Å². The van der Waals surface area contributed by atoms with Crippen molar-refractivity contribution in [3.8, 4) is 0 Å². The molecule has 134 valence electrons. The largest absolute Gasteiger partial charge is 0.368 e. The van der Waals surface area contributed by atoms with E-state index in [9.17, 15) is 0 Å². The molecule has 1 fully saturated rings. The highest BCUT2D eigenvalue weighted by molar-refractivity contribution is 5.48. The summed E-state index contributed by atoms with van der Waals surface area (Å²) in [5, 5.41) is 0. The second kappa shape index (κ2) is 7.85. The molecule has 25 heavy (non-hydrogen) atoms. The molecule has 1 aliphatic heterocycles. The van der Waals surface area contributed by atoms with Gasteiger partial charge in [0.15, 0.2) is 0 Å². The molecule has 2 aromatic rings. The molecule has 1 saturated heterocycles. The summed E-state index contributed by atoms with van der Waals surface area (Å²) in [5.74, 6) is 1.34. The first-order chi connectivity index (χ1) is 12.1. The SMILES string of the molecule is CCc1ccc(CC)c(C2CCCCCN2c2cc(C)nc(N)n2)c1. The molecule has 1 atom stereocenters. The van der Waals surface area contributed by atoms with Gasteiger partial charge in [-0.2, -0.15) is 4.98 Å². The Morgan fingerprint density at radius 3 is 2.64 bits per heavy atom. The molecule has 3 rings (SSSR count). The van der Waals surface area contributed by atoms with Gasteiger partial charge in [0.1, 0.15) is 5.82 Å². The quantitative estimate of drug-likeness (QED) is 0.884. The van der Waals surface area contributed by atoms with Crippen molar-refractivity contribution in [2.45, 2.75) is 65.3 Å². The van der Waals surface area contributed by atoms with E-state index >= 15 is 0 Å². The Hall–Kier alpha value is -2.10. The smallest absolute Gasteiger partial charge is 0.222 e. The number of aryl methyl sites for hydroxylation is 3. The number of hydrogen-bond donors (Lipinski definition) is 1. The van der Waals surface area contributed by atoms with Crippen LogP contribution in [0.4, 0.5) is 11.8 Å². The van der Waals surface area contributed by atoms with Crippen LogP contribution in [0.15, 0.2) is 24.3 Å². The summed E-state index contributed by atoms with van der Waals surface area (Å²) in [7, 11) is 0. The lowest BCUT2D eigenvalue weighted by Gasteiger charge is -2.33. The Balaban J connectivity index is 2.07. The van der Waals surface area contributed by atoms with Crippen LogP contribution >= 0.6 is 0 Å². The Kier molecular flexibility index (Phi) is 5.57. The summed E-state index contributed by atoms with van der Waals surface area (Å²) < 4.78 is 0. The topological polar surface area (TPSA) is 55.0 Å². The van der Waals surface area contributed by atoms with Crippen LogP contribution in [-0.4, -0.2) is 16.5 Å². The Bertz CT molecular complexity index is 706. The summed E-state index contributed by atoms with van der Waals surface area (Å²) in [5.41, 5.74) is 11.2. The van der Waals surface area contributed by atoms with E-state index < -0.39 is 0 Å². The molecule has 4 heteroatoms. The van der Waals surface area contributed by atoms with E-state index in [1.54, 1.807) is 0 Å². The molecular weight excluding hydrogens is 308 g/mol. The van der Waals surface area contributed by atoms with Crippen molar-refractivity contribution in [1.82, 2.24) is 9.97 Å². The molecule has 0 radical (unpaired) electrons. The molecule has 0 amide bonds. The van der Waals surface area contributed by atoms with Crippen molar-refractivity contribution in [3.63, 3.8) is 0 Å². The second-order valence-corrected chi connectivity index (χ2v) is 7.02. The minimum Gasteiger partial charge on any atom is -0.368 e. The van der Waals surface area contributed by atoms with Gasteiger partial charge in [0, 0.05) is 18.3 Å². The summed E-state index contributed by atoms with van der Waals surface area (Å²) in [6.45, 7) is 7.49. The molecule has 0 bridgehead atoms. The number of aromatic nitrogens is 2. The number of nitrogen functional groups attached to an aromatic ring is 1. The van der Waals surface area contributed by atoms with Crippen LogP contribution < -0.4 is 10.6 Å². The summed E-state index contributed by atoms with van der Waals surface area (Å²) >= 11 is 0. The molecule has 1 aromatic carbocycles. The zero-order valence-electron chi connectivity index (χ0n) is 15.8. The number of rotatable bonds is 4. The van der Waals surface area contributed by atoms with E-state index in [-0.39, 0.29) is 0 Å². The fraction of sp³-hybridized carbons (Fsp3) is 0.524. The molecule has 2 heterocycles. The predicted octanol–water partition coefficient (Wildman–Crippen LogP) is 4.61. The summed E-state index contributed by atoms with van der Waals surface area (Å²) in [6.07, 6.45) is 7.05. The van der Waals surface area contributed by atoms with Crippen LogP contribution in [0.2, 0.25) is 0 Å². The number of benzene rings is 1. The molecular formula is C21H30N4. The van der Waals surface area contributed by atoms with E-state index in [1.165, 1.54) is 42.4 Å². The minimum atomic E-state index is 0.371. The van der Waals surface area contributed by atoms with Crippen molar-refractivity contribution < 1.29 is 0 Å². The Morgan fingerprint density at radius 2 is 1.92 bits per heavy atom. The molecule has 1 unspecified atom stereocenters. The first-order valence-corrected chi connectivity index (χ1v) is 9.61. The third kappa shape index (κ3) is 3.94. The predicted molar refractivity (Wildman–Crippen MR) is 105 cm³/mol. The summed E-state index contributed by atoms with van der Waals surface area (Å²) in [6, 6.07) is 9.45. The van der Waals surface area contributed by atoms with Gasteiger partial charge in [-0.3, -0.25) is 0 Å². The second-order valence-electron chi connectivity index (χ2n) is 7.02. The Labute approximate surface area is 151 Å². The van der Waals surface area contributed by atoms with Crippen molar-refractivity contribution in [1.29, 1.82) is 0 Å². The van der Waals surface area contributed by atoms with Crippen LogP contribution in [0.1, 0.15) is 68.0 Å². The van der Waals surface area contributed by atoms with Crippen molar-refractivity contribution >= 4 is 11.8 Å². The van der Waals surface area contributed by atoms with Gasteiger partial charge in [0.25, 0.3) is 0 Å². The highest BCUT2D eigenvalue weighted by atomic mass is 15.2. The monoisotopic (exact) mass is 338 g/mol. The molecule has 1 aromatic heterocycles. The van der Waals surface area contributed by atoms with Gasteiger partial charge < -0.3 is 10.6 Å². The number of hydrogen-bond acceptors (Lipinski definition) is 4. The third-order valence-electron chi connectivity index (χ3n) is 5.26. The van der Waals surface area contributed by atoms with Crippen LogP contribution in [0.25, 0.3) is 0 Å². The van der Waals surface area contributed by atoms with Crippen molar-refractivity contribution in [2.24, 2.45) is 0 Å². The lowest BCUT2D eigenvalue weighted by Crippen LogP contribution is -2.30. The van der Waals surface area contributed by atoms with Crippen LogP contribution in [-0.2, 0) is 12.8 Å². The fourth-order valence-electron chi connectivity index (χ4n) is 3.92. The number of nitrogens with two attached hydrogens (primary N) is 1. The number of nitrogens with zero attached hydrogens (tertiary/aromatic N) is 3. The zero-order chi connectivity index (χ0) is 17.8. The first kappa shape index (κ1) is 17.7. The van der Waals surface area contributed by atoms with Gasteiger partial charge >= 0.3 is 0 Å². The van der Waals surface area contributed by atoms with Gasteiger partial charge in [-0.1, -0.05) is 44.9 Å². The normalized spacial score (nSPS) is 18.2. The van der Waals surface area contributed by atoms with Crippen LogP contribution in [0.5, 0.6) is 0 Å². The average Bonchev–Trinajstić information content (AvgIpc) is 2.86.